The molecular weight excluding hydrogens is 174 g/mol. The van der Waals surface area contributed by atoms with E-state index in [2.05, 4.69) is 6.92 Å². The molecule has 1 fully saturated rings. The molecule has 0 saturated carbocycles. The lowest BCUT2D eigenvalue weighted by Gasteiger charge is -2.26. The van der Waals surface area contributed by atoms with Crippen LogP contribution in [-0.2, 0) is 4.79 Å². The van der Waals surface area contributed by atoms with Gasteiger partial charge in [0.25, 0.3) is 0 Å². The lowest BCUT2D eigenvalue weighted by molar-refractivity contribution is -0.132. The molecule has 84 valence electrons. The molecule has 0 N–H and O–H groups in total. The SMILES string of the molecule is CC.CCCCC(=O)N1CCCCC1. The lowest BCUT2D eigenvalue weighted by atomic mass is 10.1. The van der Waals surface area contributed by atoms with Gasteiger partial charge in [0, 0.05) is 19.5 Å². The summed E-state index contributed by atoms with van der Waals surface area (Å²) in [4.78, 5) is 13.5. The third kappa shape index (κ3) is 5.25. The van der Waals surface area contributed by atoms with Crippen molar-refractivity contribution >= 4 is 5.91 Å². The second-order valence-electron chi connectivity index (χ2n) is 3.55. The molecule has 1 aliphatic rings. The topological polar surface area (TPSA) is 20.3 Å². The smallest absolute Gasteiger partial charge is 0.222 e. The van der Waals surface area contributed by atoms with Crippen LogP contribution in [0.3, 0.4) is 0 Å². The quantitative estimate of drug-likeness (QED) is 0.683. The molecule has 0 aromatic carbocycles. The van der Waals surface area contributed by atoms with Gasteiger partial charge in [0.2, 0.25) is 5.91 Å². The van der Waals surface area contributed by atoms with Gasteiger partial charge < -0.3 is 4.90 Å². The van der Waals surface area contributed by atoms with Crippen molar-refractivity contribution in [3.8, 4) is 0 Å². The molecule has 1 heterocycles. The molecule has 0 spiro atoms. The summed E-state index contributed by atoms with van der Waals surface area (Å²) in [5.74, 6) is 0.372. The van der Waals surface area contributed by atoms with Gasteiger partial charge in [-0.25, -0.2) is 0 Å². The molecule has 0 atom stereocenters. The van der Waals surface area contributed by atoms with Gasteiger partial charge in [-0.2, -0.15) is 0 Å². The highest BCUT2D eigenvalue weighted by Gasteiger charge is 2.14. The van der Waals surface area contributed by atoms with E-state index in [0.29, 0.717) is 5.91 Å². The number of likely N-dealkylation sites (tertiary alicyclic amines) is 1. The maximum Gasteiger partial charge on any atom is 0.222 e. The first kappa shape index (κ1) is 13.5. The van der Waals surface area contributed by atoms with Gasteiger partial charge in [-0.05, 0) is 25.7 Å². The number of amides is 1. The zero-order chi connectivity index (χ0) is 10.8. The molecule has 0 aromatic heterocycles. The van der Waals surface area contributed by atoms with Crippen molar-refractivity contribution in [1.29, 1.82) is 0 Å². The van der Waals surface area contributed by atoms with Crippen molar-refractivity contribution in [1.82, 2.24) is 4.90 Å². The van der Waals surface area contributed by atoms with Gasteiger partial charge in [0.1, 0.15) is 0 Å². The van der Waals surface area contributed by atoms with Crippen LogP contribution in [0.1, 0.15) is 59.3 Å². The highest BCUT2D eigenvalue weighted by atomic mass is 16.2. The predicted octanol–water partition coefficient (Wildman–Crippen LogP) is 3.22. The van der Waals surface area contributed by atoms with Crippen LogP contribution in [0.2, 0.25) is 0 Å². The fourth-order valence-electron chi connectivity index (χ4n) is 1.63. The summed E-state index contributed by atoms with van der Waals surface area (Å²) in [7, 11) is 0. The fourth-order valence-corrected chi connectivity index (χ4v) is 1.63. The van der Waals surface area contributed by atoms with Gasteiger partial charge in [0.05, 0.1) is 0 Å². The van der Waals surface area contributed by atoms with Crippen LogP contribution in [0, 0.1) is 0 Å². The highest BCUT2D eigenvalue weighted by molar-refractivity contribution is 5.76. The number of rotatable bonds is 3. The molecule has 0 radical (unpaired) electrons. The summed E-state index contributed by atoms with van der Waals surface area (Å²) in [5, 5.41) is 0. The number of carbonyl (C=O) groups excluding carboxylic acids is 1. The Hall–Kier alpha value is -0.530. The van der Waals surface area contributed by atoms with Crippen molar-refractivity contribution in [3.63, 3.8) is 0 Å². The average molecular weight is 199 g/mol. The van der Waals surface area contributed by atoms with E-state index in [1.54, 1.807) is 0 Å². The van der Waals surface area contributed by atoms with Crippen molar-refractivity contribution < 1.29 is 4.79 Å². The number of piperidine rings is 1. The molecule has 0 aromatic rings. The van der Waals surface area contributed by atoms with E-state index in [1.807, 2.05) is 18.7 Å². The van der Waals surface area contributed by atoms with Crippen molar-refractivity contribution in [2.24, 2.45) is 0 Å². The Kier molecular flexibility index (Phi) is 8.70. The first-order chi connectivity index (χ1) is 6.84. The number of hydrogen-bond donors (Lipinski definition) is 0. The van der Waals surface area contributed by atoms with Crippen LogP contribution in [0.15, 0.2) is 0 Å². The van der Waals surface area contributed by atoms with E-state index >= 15 is 0 Å². The van der Waals surface area contributed by atoms with E-state index < -0.39 is 0 Å². The fraction of sp³-hybridized carbons (Fsp3) is 0.917. The van der Waals surface area contributed by atoms with Gasteiger partial charge in [-0.3, -0.25) is 4.79 Å². The van der Waals surface area contributed by atoms with Gasteiger partial charge >= 0.3 is 0 Å². The molecule has 2 heteroatoms. The first-order valence-corrected chi connectivity index (χ1v) is 6.12. The number of unbranched alkanes of at least 4 members (excludes halogenated alkanes) is 1. The van der Waals surface area contributed by atoms with E-state index in [9.17, 15) is 4.79 Å². The summed E-state index contributed by atoms with van der Waals surface area (Å²) in [5.41, 5.74) is 0. The number of carbonyl (C=O) groups is 1. The molecular formula is C12H25NO. The Bertz CT molecular complexity index is 139. The Morgan fingerprint density at radius 3 is 2.21 bits per heavy atom. The maximum atomic E-state index is 11.5. The van der Waals surface area contributed by atoms with Crippen molar-refractivity contribution in [2.75, 3.05) is 13.1 Å². The lowest BCUT2D eigenvalue weighted by Crippen LogP contribution is -2.35. The van der Waals surface area contributed by atoms with Crippen LogP contribution >= 0.6 is 0 Å². The minimum absolute atomic E-state index is 0.372. The number of nitrogens with zero attached hydrogens (tertiary/aromatic N) is 1. The van der Waals surface area contributed by atoms with E-state index in [1.165, 1.54) is 19.3 Å². The largest absolute Gasteiger partial charge is 0.343 e. The highest BCUT2D eigenvalue weighted by Crippen LogP contribution is 2.10. The summed E-state index contributed by atoms with van der Waals surface area (Å²) in [6, 6.07) is 0. The van der Waals surface area contributed by atoms with Crippen LogP contribution in [-0.4, -0.2) is 23.9 Å². The summed E-state index contributed by atoms with van der Waals surface area (Å²) < 4.78 is 0. The minimum Gasteiger partial charge on any atom is -0.343 e. The molecule has 1 rings (SSSR count). The van der Waals surface area contributed by atoms with Crippen molar-refractivity contribution in [3.05, 3.63) is 0 Å². The third-order valence-electron chi connectivity index (χ3n) is 2.45. The van der Waals surface area contributed by atoms with E-state index in [0.717, 1.165) is 32.4 Å². The summed E-state index contributed by atoms with van der Waals surface area (Å²) in [6.07, 6.45) is 6.65. The first-order valence-electron chi connectivity index (χ1n) is 6.12. The molecule has 0 bridgehead atoms. The van der Waals surface area contributed by atoms with Crippen molar-refractivity contribution in [2.45, 2.75) is 59.3 Å². The Labute approximate surface area is 88.7 Å². The molecule has 2 nitrogen and oxygen atoms in total. The normalized spacial score (nSPS) is 15.8. The molecule has 1 saturated heterocycles. The van der Waals surface area contributed by atoms with Crippen LogP contribution in [0.5, 0.6) is 0 Å². The maximum absolute atomic E-state index is 11.5. The zero-order valence-electron chi connectivity index (χ0n) is 10.0. The summed E-state index contributed by atoms with van der Waals surface area (Å²) in [6.45, 7) is 8.13. The second-order valence-corrected chi connectivity index (χ2v) is 3.55. The minimum atomic E-state index is 0.372. The standard InChI is InChI=1S/C10H19NO.C2H6/c1-2-3-7-10(12)11-8-5-4-6-9-11;1-2/h2-9H2,1H3;1-2H3. The molecule has 0 unspecified atom stereocenters. The Morgan fingerprint density at radius 1 is 1.14 bits per heavy atom. The van der Waals surface area contributed by atoms with Gasteiger partial charge in [0.15, 0.2) is 0 Å². The van der Waals surface area contributed by atoms with Gasteiger partial charge in [-0.15, -0.1) is 0 Å². The number of hydrogen-bond acceptors (Lipinski definition) is 1. The molecule has 14 heavy (non-hydrogen) atoms. The Balaban J connectivity index is 0.000000791. The second kappa shape index (κ2) is 9.04. The molecule has 0 aliphatic carbocycles. The van der Waals surface area contributed by atoms with E-state index in [4.69, 9.17) is 0 Å². The summed E-state index contributed by atoms with van der Waals surface area (Å²) >= 11 is 0. The third-order valence-corrected chi connectivity index (χ3v) is 2.45. The van der Waals surface area contributed by atoms with E-state index in [-0.39, 0.29) is 0 Å². The predicted molar refractivity (Wildman–Crippen MR) is 61.3 cm³/mol. The average Bonchev–Trinajstić information content (AvgIpc) is 2.30. The van der Waals surface area contributed by atoms with Gasteiger partial charge in [-0.1, -0.05) is 27.2 Å². The van der Waals surface area contributed by atoms with Crippen LogP contribution < -0.4 is 0 Å². The van der Waals surface area contributed by atoms with Crippen LogP contribution in [0.25, 0.3) is 0 Å². The zero-order valence-corrected chi connectivity index (χ0v) is 10.0. The van der Waals surface area contributed by atoms with Crippen LogP contribution in [0.4, 0.5) is 0 Å². The molecule has 1 aliphatic heterocycles. The molecule has 1 amide bonds. The monoisotopic (exact) mass is 199 g/mol. The Morgan fingerprint density at radius 2 is 1.71 bits per heavy atom.